The first kappa shape index (κ1) is 14.7. The fourth-order valence-electron chi connectivity index (χ4n) is 1.42. The topological polar surface area (TPSA) is 20.3 Å². The molecule has 1 aromatic rings. The van der Waals surface area contributed by atoms with Crippen molar-refractivity contribution in [3.8, 4) is 0 Å². The van der Waals surface area contributed by atoms with Crippen LogP contribution < -0.4 is 0 Å². The molecule has 0 radical (unpaired) electrons. The quantitative estimate of drug-likeness (QED) is 0.780. The summed E-state index contributed by atoms with van der Waals surface area (Å²) in [5, 5.41) is 0. The number of nitrogens with zero attached hydrogens (tertiary/aromatic N) is 1. The maximum Gasteiger partial charge on any atom is 0.254 e. The maximum absolute atomic E-state index is 12.2. The predicted octanol–water partition coefficient (Wildman–Crippen LogP) is 4.33. The summed E-state index contributed by atoms with van der Waals surface area (Å²) in [7, 11) is 1.85. The summed E-state index contributed by atoms with van der Waals surface area (Å²) in [6, 6.07) is 5.64. The van der Waals surface area contributed by atoms with Crippen molar-refractivity contribution in [2.75, 3.05) is 13.6 Å². The molecule has 0 aliphatic heterocycles. The van der Waals surface area contributed by atoms with Crippen LogP contribution >= 0.6 is 31.9 Å². The number of hydrogen-bond donors (Lipinski definition) is 0. The summed E-state index contributed by atoms with van der Waals surface area (Å²) in [6.45, 7) is 5.11. The molecule has 1 amide bonds. The lowest BCUT2D eigenvalue weighted by molar-refractivity contribution is 0.0788. The molecule has 0 aliphatic rings. The molecule has 1 rings (SSSR count). The standard InChI is InChI=1S/C13H17Br2NO/c1-9(2)6-7-16(3)13(17)11-8-10(14)4-5-12(11)15/h4-5,8-9H,6-7H2,1-3H3. The van der Waals surface area contributed by atoms with E-state index in [-0.39, 0.29) is 5.91 Å². The second-order valence-electron chi connectivity index (χ2n) is 4.53. The lowest BCUT2D eigenvalue weighted by Gasteiger charge is -2.19. The Morgan fingerprint density at radius 1 is 1.35 bits per heavy atom. The Bertz CT molecular complexity index is 404. The summed E-state index contributed by atoms with van der Waals surface area (Å²) >= 11 is 6.80. The van der Waals surface area contributed by atoms with Crippen molar-refractivity contribution in [2.45, 2.75) is 20.3 Å². The molecular weight excluding hydrogens is 346 g/mol. The molecule has 94 valence electrons. The number of amides is 1. The number of hydrogen-bond acceptors (Lipinski definition) is 1. The van der Waals surface area contributed by atoms with Crippen LogP contribution in [0.15, 0.2) is 27.1 Å². The Balaban J connectivity index is 2.78. The Labute approximate surface area is 120 Å². The van der Waals surface area contributed by atoms with Crippen LogP contribution in [0.4, 0.5) is 0 Å². The molecule has 2 nitrogen and oxygen atoms in total. The van der Waals surface area contributed by atoms with E-state index in [9.17, 15) is 4.79 Å². The van der Waals surface area contributed by atoms with Gasteiger partial charge in [0.15, 0.2) is 0 Å². The van der Waals surface area contributed by atoms with Crippen molar-refractivity contribution >= 4 is 37.8 Å². The van der Waals surface area contributed by atoms with E-state index in [4.69, 9.17) is 0 Å². The van der Waals surface area contributed by atoms with Crippen LogP contribution in [-0.2, 0) is 0 Å². The molecule has 0 atom stereocenters. The van der Waals surface area contributed by atoms with Crippen molar-refractivity contribution in [1.29, 1.82) is 0 Å². The van der Waals surface area contributed by atoms with Crippen molar-refractivity contribution in [2.24, 2.45) is 5.92 Å². The minimum absolute atomic E-state index is 0.0545. The summed E-state index contributed by atoms with van der Waals surface area (Å²) in [6.07, 6.45) is 1.02. The van der Waals surface area contributed by atoms with Gasteiger partial charge in [0.1, 0.15) is 0 Å². The van der Waals surface area contributed by atoms with Crippen molar-refractivity contribution in [3.63, 3.8) is 0 Å². The van der Waals surface area contributed by atoms with Gasteiger partial charge in [0.25, 0.3) is 5.91 Å². The van der Waals surface area contributed by atoms with E-state index in [2.05, 4.69) is 45.7 Å². The van der Waals surface area contributed by atoms with Gasteiger partial charge >= 0.3 is 0 Å². The Kier molecular flexibility index (Phi) is 5.67. The lowest BCUT2D eigenvalue weighted by Crippen LogP contribution is -2.28. The molecule has 0 unspecified atom stereocenters. The summed E-state index contributed by atoms with van der Waals surface area (Å²) in [5.41, 5.74) is 0.700. The molecule has 0 saturated carbocycles. The number of rotatable bonds is 4. The first-order valence-electron chi connectivity index (χ1n) is 5.62. The SMILES string of the molecule is CC(C)CCN(C)C(=O)c1cc(Br)ccc1Br. The van der Waals surface area contributed by atoms with Gasteiger partial charge in [0.2, 0.25) is 0 Å². The Morgan fingerprint density at radius 3 is 2.59 bits per heavy atom. The normalized spacial score (nSPS) is 10.7. The van der Waals surface area contributed by atoms with Crippen LogP contribution in [0.25, 0.3) is 0 Å². The first-order chi connectivity index (χ1) is 7.91. The average molecular weight is 363 g/mol. The van der Waals surface area contributed by atoms with Crippen LogP contribution in [0, 0.1) is 5.92 Å². The summed E-state index contributed by atoms with van der Waals surface area (Å²) in [5.74, 6) is 0.662. The van der Waals surface area contributed by atoms with Crippen LogP contribution in [0.1, 0.15) is 30.6 Å². The minimum atomic E-state index is 0.0545. The highest BCUT2D eigenvalue weighted by molar-refractivity contribution is 9.11. The van der Waals surface area contributed by atoms with Crippen molar-refractivity contribution in [3.05, 3.63) is 32.7 Å². The smallest absolute Gasteiger partial charge is 0.254 e. The van der Waals surface area contributed by atoms with Gasteiger partial charge in [-0.2, -0.15) is 0 Å². The van der Waals surface area contributed by atoms with Gasteiger partial charge in [-0.15, -0.1) is 0 Å². The molecule has 0 aromatic heterocycles. The van der Waals surface area contributed by atoms with Crippen molar-refractivity contribution < 1.29 is 4.79 Å². The minimum Gasteiger partial charge on any atom is -0.342 e. The Morgan fingerprint density at radius 2 is 2.00 bits per heavy atom. The second-order valence-corrected chi connectivity index (χ2v) is 6.30. The fraction of sp³-hybridized carbons (Fsp3) is 0.462. The molecule has 0 fully saturated rings. The lowest BCUT2D eigenvalue weighted by atomic mass is 10.1. The summed E-state index contributed by atoms with van der Waals surface area (Å²) < 4.78 is 1.75. The molecule has 17 heavy (non-hydrogen) atoms. The highest BCUT2D eigenvalue weighted by Crippen LogP contribution is 2.22. The highest BCUT2D eigenvalue weighted by Gasteiger charge is 2.15. The second kappa shape index (κ2) is 6.55. The van der Waals surface area contributed by atoms with E-state index in [1.54, 1.807) is 4.90 Å². The van der Waals surface area contributed by atoms with E-state index in [0.29, 0.717) is 11.5 Å². The third kappa shape index (κ3) is 4.43. The third-order valence-corrected chi connectivity index (χ3v) is 3.73. The number of halogens is 2. The molecular formula is C13H17Br2NO. The third-order valence-electron chi connectivity index (χ3n) is 2.55. The van der Waals surface area contributed by atoms with Gasteiger partial charge in [-0.3, -0.25) is 4.79 Å². The molecule has 0 aliphatic carbocycles. The van der Waals surface area contributed by atoms with Crippen LogP contribution in [0.2, 0.25) is 0 Å². The molecule has 0 bridgehead atoms. The predicted molar refractivity (Wildman–Crippen MR) is 78.3 cm³/mol. The molecule has 0 N–H and O–H groups in total. The summed E-state index contributed by atoms with van der Waals surface area (Å²) in [4.78, 5) is 14.0. The van der Waals surface area contributed by atoms with Gasteiger partial charge in [-0.25, -0.2) is 0 Å². The van der Waals surface area contributed by atoms with Gasteiger partial charge in [0.05, 0.1) is 5.56 Å². The molecule has 4 heteroatoms. The van der Waals surface area contributed by atoms with Crippen LogP contribution in [0.5, 0.6) is 0 Å². The van der Waals surface area contributed by atoms with Crippen LogP contribution in [0.3, 0.4) is 0 Å². The zero-order valence-corrected chi connectivity index (χ0v) is 13.5. The number of carbonyl (C=O) groups is 1. The number of benzene rings is 1. The zero-order valence-electron chi connectivity index (χ0n) is 10.3. The Hall–Kier alpha value is -0.350. The van der Waals surface area contributed by atoms with Gasteiger partial charge in [-0.1, -0.05) is 29.8 Å². The fourth-order valence-corrected chi connectivity index (χ4v) is 2.20. The van der Waals surface area contributed by atoms with E-state index < -0.39 is 0 Å². The first-order valence-corrected chi connectivity index (χ1v) is 7.21. The molecule has 1 aromatic carbocycles. The van der Waals surface area contributed by atoms with E-state index in [1.807, 2.05) is 25.2 Å². The molecule has 0 saturated heterocycles. The van der Waals surface area contributed by atoms with E-state index in [1.165, 1.54) is 0 Å². The molecule has 0 heterocycles. The highest BCUT2D eigenvalue weighted by atomic mass is 79.9. The maximum atomic E-state index is 12.2. The largest absolute Gasteiger partial charge is 0.342 e. The molecule has 0 spiro atoms. The number of carbonyl (C=O) groups excluding carboxylic acids is 1. The van der Waals surface area contributed by atoms with Gasteiger partial charge in [-0.05, 0) is 46.5 Å². The zero-order chi connectivity index (χ0) is 13.0. The van der Waals surface area contributed by atoms with Crippen LogP contribution in [-0.4, -0.2) is 24.4 Å². The van der Waals surface area contributed by atoms with E-state index >= 15 is 0 Å². The average Bonchev–Trinajstić information content (AvgIpc) is 2.28. The van der Waals surface area contributed by atoms with Gasteiger partial charge < -0.3 is 4.90 Å². The van der Waals surface area contributed by atoms with Gasteiger partial charge in [0, 0.05) is 22.5 Å². The monoisotopic (exact) mass is 361 g/mol. The van der Waals surface area contributed by atoms with Crippen molar-refractivity contribution in [1.82, 2.24) is 4.90 Å². The van der Waals surface area contributed by atoms with E-state index in [0.717, 1.165) is 21.9 Å².